The fraction of sp³-hybridized carbons (Fsp3) is 0.167. The van der Waals surface area contributed by atoms with Gasteiger partial charge < -0.3 is 20.4 Å². The fourth-order valence-electron chi connectivity index (χ4n) is 3.98. The van der Waals surface area contributed by atoms with Crippen LogP contribution in [0.15, 0.2) is 48.0 Å². The Morgan fingerprint density at radius 2 is 2.09 bits per heavy atom. The molecule has 166 valence electrons. The van der Waals surface area contributed by atoms with Crippen LogP contribution in [0.2, 0.25) is 0 Å². The minimum atomic E-state index is -0.403. The Bertz CT molecular complexity index is 1410. The van der Waals surface area contributed by atoms with E-state index >= 15 is 0 Å². The van der Waals surface area contributed by atoms with E-state index in [-0.39, 0.29) is 11.9 Å². The molecule has 0 saturated heterocycles. The second-order valence-corrected chi connectivity index (χ2v) is 8.76. The van der Waals surface area contributed by atoms with E-state index in [2.05, 4.69) is 15.3 Å². The average molecular weight is 460 g/mol. The highest BCUT2D eigenvalue weighted by molar-refractivity contribution is 7.12. The summed E-state index contributed by atoms with van der Waals surface area (Å²) >= 11 is 1.35. The van der Waals surface area contributed by atoms with Crippen molar-refractivity contribution in [2.24, 2.45) is 7.05 Å². The van der Waals surface area contributed by atoms with Crippen molar-refractivity contribution in [1.29, 1.82) is 0 Å². The van der Waals surface area contributed by atoms with Gasteiger partial charge in [-0.2, -0.15) is 0 Å². The van der Waals surface area contributed by atoms with Gasteiger partial charge in [-0.05, 0) is 47.7 Å². The molecule has 1 aromatic carbocycles. The highest BCUT2D eigenvalue weighted by atomic mass is 32.1. The van der Waals surface area contributed by atoms with Gasteiger partial charge in [-0.15, -0.1) is 11.3 Å². The highest BCUT2D eigenvalue weighted by Crippen LogP contribution is 2.35. The number of hydrogen-bond acceptors (Lipinski definition) is 7. The molecule has 3 N–H and O–H groups in total. The van der Waals surface area contributed by atoms with E-state index in [1.807, 2.05) is 36.1 Å². The number of anilines is 1. The van der Waals surface area contributed by atoms with E-state index in [9.17, 15) is 9.59 Å². The Hall–Kier alpha value is -3.98. The zero-order valence-electron chi connectivity index (χ0n) is 18.1. The number of thiophene rings is 1. The lowest BCUT2D eigenvalue weighted by Gasteiger charge is -2.15. The monoisotopic (exact) mass is 459 g/mol. The van der Waals surface area contributed by atoms with Gasteiger partial charge in [0.25, 0.3) is 5.91 Å². The number of ether oxygens (including phenoxy) is 1. The quantitative estimate of drug-likeness (QED) is 0.356. The van der Waals surface area contributed by atoms with Gasteiger partial charge in [-0.25, -0.2) is 14.8 Å². The first-order chi connectivity index (χ1) is 15.9. The molecule has 1 aliphatic rings. The van der Waals surface area contributed by atoms with E-state index in [0.717, 1.165) is 28.9 Å². The molecule has 0 spiro atoms. The molecule has 0 radical (unpaired) electrons. The number of aryl methyl sites for hydroxylation is 1. The summed E-state index contributed by atoms with van der Waals surface area (Å²) in [5.74, 6) is 0.0458. The maximum absolute atomic E-state index is 12.5. The first-order valence-corrected chi connectivity index (χ1v) is 11.3. The Kier molecular flexibility index (Phi) is 5.18. The van der Waals surface area contributed by atoms with Crippen LogP contribution >= 0.6 is 11.3 Å². The molecule has 0 aliphatic carbocycles. The summed E-state index contributed by atoms with van der Waals surface area (Å²) in [6, 6.07) is 10.8. The third-order valence-corrected chi connectivity index (χ3v) is 6.62. The third kappa shape index (κ3) is 3.87. The minimum absolute atomic E-state index is 0.0978. The van der Waals surface area contributed by atoms with Gasteiger partial charge >= 0.3 is 5.97 Å². The SMILES string of the molecule is Cc1csc(C(=O)Oc2cccc(-c3cnc(N)nc3-c3cc4c(n3C)CCNC4=O)c2)c1. The number of carbonyl (C=O) groups is 2. The van der Waals surface area contributed by atoms with E-state index < -0.39 is 5.97 Å². The lowest BCUT2D eigenvalue weighted by molar-refractivity contribution is 0.0739. The summed E-state index contributed by atoms with van der Waals surface area (Å²) in [7, 11) is 1.91. The summed E-state index contributed by atoms with van der Waals surface area (Å²) in [6.45, 7) is 2.53. The van der Waals surface area contributed by atoms with Crippen molar-refractivity contribution in [1.82, 2.24) is 19.9 Å². The molecular formula is C24H21N5O3S. The number of fused-ring (bicyclic) bond motifs is 1. The number of hydrogen-bond donors (Lipinski definition) is 2. The predicted molar refractivity (Wildman–Crippen MR) is 126 cm³/mol. The summed E-state index contributed by atoms with van der Waals surface area (Å²) in [6.07, 6.45) is 2.38. The van der Waals surface area contributed by atoms with Crippen molar-refractivity contribution >= 4 is 29.2 Å². The molecule has 0 unspecified atom stereocenters. The molecule has 0 atom stereocenters. The van der Waals surface area contributed by atoms with Gasteiger partial charge in [-0.3, -0.25) is 4.79 Å². The number of nitrogens with zero attached hydrogens (tertiary/aromatic N) is 3. The van der Waals surface area contributed by atoms with Crippen molar-refractivity contribution in [3.63, 3.8) is 0 Å². The van der Waals surface area contributed by atoms with Gasteiger partial charge in [0.2, 0.25) is 5.95 Å². The van der Waals surface area contributed by atoms with Crippen LogP contribution in [0.4, 0.5) is 5.95 Å². The van der Waals surface area contributed by atoms with Crippen LogP contribution in [-0.2, 0) is 13.5 Å². The number of rotatable bonds is 4. The first-order valence-electron chi connectivity index (χ1n) is 10.4. The van der Waals surface area contributed by atoms with Gasteiger partial charge in [0.1, 0.15) is 16.3 Å². The molecule has 5 rings (SSSR count). The Labute approximate surface area is 194 Å². The topological polar surface area (TPSA) is 112 Å². The zero-order valence-corrected chi connectivity index (χ0v) is 18.9. The predicted octanol–water partition coefficient (Wildman–Crippen LogP) is 3.61. The van der Waals surface area contributed by atoms with Crippen LogP contribution < -0.4 is 15.8 Å². The molecule has 0 fully saturated rings. The average Bonchev–Trinajstić information content (AvgIpc) is 3.38. The number of carbonyl (C=O) groups excluding carboxylic acids is 2. The zero-order chi connectivity index (χ0) is 23.1. The second-order valence-electron chi connectivity index (χ2n) is 7.85. The van der Waals surface area contributed by atoms with Crippen LogP contribution in [0.25, 0.3) is 22.5 Å². The number of amides is 1. The number of aromatic nitrogens is 3. The van der Waals surface area contributed by atoms with Crippen molar-refractivity contribution < 1.29 is 14.3 Å². The molecule has 3 aromatic heterocycles. The standard InChI is InChI=1S/C24H21N5O3S/c1-13-8-20(33-12-13)23(31)32-15-5-3-4-14(9-15)17-11-27-24(25)28-21(17)19-10-16-18(29(19)2)6-7-26-22(16)30/h3-5,8-12H,6-7H2,1-2H3,(H,26,30)(H2,25,27,28). The molecule has 9 heteroatoms. The molecule has 4 heterocycles. The maximum atomic E-state index is 12.5. The molecule has 33 heavy (non-hydrogen) atoms. The van der Waals surface area contributed by atoms with E-state index in [1.165, 1.54) is 11.3 Å². The van der Waals surface area contributed by atoms with Gasteiger partial charge in [-0.1, -0.05) is 12.1 Å². The maximum Gasteiger partial charge on any atom is 0.353 e. The van der Waals surface area contributed by atoms with Crippen LogP contribution in [0.1, 0.15) is 31.3 Å². The molecule has 1 amide bonds. The van der Waals surface area contributed by atoms with Crippen LogP contribution in [0.3, 0.4) is 0 Å². The molecule has 4 aromatic rings. The Morgan fingerprint density at radius 3 is 2.85 bits per heavy atom. The number of esters is 1. The van der Waals surface area contributed by atoms with Crippen molar-refractivity contribution in [2.45, 2.75) is 13.3 Å². The summed E-state index contributed by atoms with van der Waals surface area (Å²) in [5, 5.41) is 4.78. The lowest BCUT2D eigenvalue weighted by Crippen LogP contribution is -2.31. The highest BCUT2D eigenvalue weighted by Gasteiger charge is 2.25. The summed E-state index contributed by atoms with van der Waals surface area (Å²) in [4.78, 5) is 34.1. The van der Waals surface area contributed by atoms with Gasteiger partial charge in [0.05, 0.1) is 11.3 Å². The summed E-state index contributed by atoms with van der Waals surface area (Å²) in [5.41, 5.74) is 11.4. The fourth-order valence-corrected chi connectivity index (χ4v) is 4.76. The number of benzene rings is 1. The first kappa shape index (κ1) is 20.9. The normalized spacial score (nSPS) is 12.8. The van der Waals surface area contributed by atoms with Gasteiger partial charge in [0.15, 0.2) is 0 Å². The lowest BCUT2D eigenvalue weighted by atomic mass is 10.0. The Balaban J connectivity index is 1.55. The van der Waals surface area contributed by atoms with E-state index in [4.69, 9.17) is 10.5 Å². The molecule has 8 nitrogen and oxygen atoms in total. The number of nitrogen functional groups attached to an aromatic ring is 1. The number of nitrogens with two attached hydrogens (primary N) is 1. The largest absolute Gasteiger partial charge is 0.422 e. The van der Waals surface area contributed by atoms with Crippen LogP contribution in [0, 0.1) is 6.92 Å². The van der Waals surface area contributed by atoms with Crippen LogP contribution in [-0.4, -0.2) is 33.0 Å². The van der Waals surface area contributed by atoms with Crippen molar-refractivity contribution in [3.05, 3.63) is 69.7 Å². The minimum Gasteiger partial charge on any atom is -0.422 e. The van der Waals surface area contributed by atoms with Gasteiger partial charge in [0, 0.05) is 37.5 Å². The molecule has 0 saturated carbocycles. The van der Waals surface area contributed by atoms with Crippen molar-refractivity contribution in [3.8, 4) is 28.3 Å². The van der Waals surface area contributed by atoms with Crippen LogP contribution in [0.5, 0.6) is 5.75 Å². The van der Waals surface area contributed by atoms with E-state index in [1.54, 1.807) is 30.5 Å². The second kappa shape index (κ2) is 8.18. The molecule has 1 aliphatic heterocycles. The molecule has 0 bridgehead atoms. The van der Waals surface area contributed by atoms with E-state index in [0.29, 0.717) is 34.0 Å². The Morgan fingerprint density at radius 1 is 1.24 bits per heavy atom. The third-order valence-electron chi connectivity index (χ3n) is 5.59. The summed E-state index contributed by atoms with van der Waals surface area (Å²) < 4.78 is 7.57. The molecular weight excluding hydrogens is 438 g/mol. The smallest absolute Gasteiger partial charge is 0.353 e. The number of nitrogens with one attached hydrogen (secondary N) is 1. The van der Waals surface area contributed by atoms with Crippen molar-refractivity contribution in [2.75, 3.05) is 12.3 Å².